The summed E-state index contributed by atoms with van der Waals surface area (Å²) in [6, 6.07) is 11.2. The smallest absolute Gasteiger partial charge is 0.324 e. The van der Waals surface area contributed by atoms with Crippen molar-refractivity contribution in [3.05, 3.63) is 90.6 Å². The average Bonchev–Trinajstić information content (AvgIpc) is 3.44. The number of fused-ring (bicyclic) bond motifs is 1. The zero-order valence-electron chi connectivity index (χ0n) is 25.1. The van der Waals surface area contributed by atoms with Gasteiger partial charge in [-0.25, -0.2) is 9.78 Å². The number of carbonyl (C=O) groups is 2. The van der Waals surface area contributed by atoms with Crippen molar-refractivity contribution in [1.29, 1.82) is 0 Å². The first kappa shape index (κ1) is 29.3. The number of nitrogens with one attached hydrogen (secondary N) is 4. The van der Waals surface area contributed by atoms with E-state index < -0.39 is 0 Å². The number of carbonyl (C=O) groups excluding carboxylic acids is 2. The van der Waals surface area contributed by atoms with Crippen LogP contribution < -0.4 is 26.2 Å². The molecular formula is C32H39N9O3. The first-order valence-corrected chi connectivity index (χ1v) is 14.9. The van der Waals surface area contributed by atoms with Gasteiger partial charge in [0.25, 0.3) is 0 Å². The number of likely N-dealkylation sites (N-methyl/N-ethyl adjacent to an activating group) is 1. The van der Waals surface area contributed by atoms with Gasteiger partial charge in [0, 0.05) is 68.6 Å². The minimum absolute atomic E-state index is 0.0656. The number of amides is 3. The summed E-state index contributed by atoms with van der Waals surface area (Å²) in [5.74, 6) is 1.53. The van der Waals surface area contributed by atoms with E-state index in [1.165, 1.54) is 5.82 Å². The molecule has 2 aromatic rings. The van der Waals surface area contributed by atoms with Crippen molar-refractivity contribution in [2.24, 2.45) is 0 Å². The summed E-state index contributed by atoms with van der Waals surface area (Å²) >= 11 is 0. The minimum Gasteiger partial charge on any atom is -0.378 e. The highest BCUT2D eigenvalue weighted by Crippen LogP contribution is 2.29. The molecule has 0 bridgehead atoms. The molecule has 4 N–H and O–H groups in total. The molecule has 0 radical (unpaired) electrons. The van der Waals surface area contributed by atoms with E-state index in [1.54, 1.807) is 12.3 Å². The van der Waals surface area contributed by atoms with Crippen LogP contribution in [0.1, 0.15) is 5.56 Å². The molecule has 2 fully saturated rings. The Kier molecular flexibility index (Phi) is 8.80. The SMILES string of the molecule is CN(C)C/C=C/C(=O)NC1CN(c2ccnc(NC(=O)Nc3ccc(C4=CN5C(N6CCOCC6)=CC=CC5N4)cc3)c2)C1. The zero-order valence-corrected chi connectivity index (χ0v) is 25.1. The molecule has 2 saturated heterocycles. The lowest BCUT2D eigenvalue weighted by Gasteiger charge is -2.41. The molecule has 6 rings (SSSR count). The number of nitrogens with zero attached hydrogens (tertiary/aromatic N) is 5. The Labute approximate surface area is 257 Å². The van der Waals surface area contributed by atoms with E-state index in [0.717, 1.165) is 49.8 Å². The Morgan fingerprint density at radius 2 is 1.89 bits per heavy atom. The number of benzene rings is 1. The first-order valence-electron chi connectivity index (χ1n) is 14.9. The lowest BCUT2D eigenvalue weighted by molar-refractivity contribution is -0.117. The van der Waals surface area contributed by atoms with E-state index in [0.29, 0.717) is 24.6 Å². The van der Waals surface area contributed by atoms with Crippen molar-refractivity contribution in [1.82, 2.24) is 30.3 Å². The number of hydrogen-bond donors (Lipinski definition) is 4. The number of morpholine rings is 1. The van der Waals surface area contributed by atoms with Gasteiger partial charge in [0.15, 0.2) is 0 Å². The van der Waals surface area contributed by atoms with E-state index in [4.69, 9.17) is 4.74 Å². The van der Waals surface area contributed by atoms with E-state index >= 15 is 0 Å². The average molecular weight is 598 g/mol. The number of pyridine rings is 1. The maximum absolute atomic E-state index is 12.8. The Bertz CT molecular complexity index is 1470. The second kappa shape index (κ2) is 13.2. The summed E-state index contributed by atoms with van der Waals surface area (Å²) in [6.45, 7) is 5.34. The highest BCUT2D eigenvalue weighted by molar-refractivity contribution is 5.99. The summed E-state index contributed by atoms with van der Waals surface area (Å²) in [6.07, 6.45) is 13.7. The third-order valence-electron chi connectivity index (χ3n) is 7.78. The predicted molar refractivity (Wildman–Crippen MR) is 172 cm³/mol. The van der Waals surface area contributed by atoms with Crippen LogP contribution in [0.2, 0.25) is 0 Å². The Hall–Kier alpha value is -4.81. The van der Waals surface area contributed by atoms with Gasteiger partial charge in [-0.05, 0) is 50.0 Å². The van der Waals surface area contributed by atoms with Crippen LogP contribution in [-0.2, 0) is 9.53 Å². The first-order chi connectivity index (χ1) is 21.4. The molecule has 4 aliphatic rings. The molecular weight excluding hydrogens is 558 g/mol. The molecule has 230 valence electrons. The van der Waals surface area contributed by atoms with Crippen molar-refractivity contribution in [2.45, 2.75) is 12.2 Å². The molecule has 1 aromatic heterocycles. The second-order valence-corrected chi connectivity index (χ2v) is 11.4. The maximum atomic E-state index is 12.8. The quantitative estimate of drug-likeness (QED) is 0.324. The van der Waals surface area contributed by atoms with Crippen LogP contribution in [0.15, 0.2) is 85.0 Å². The maximum Gasteiger partial charge on any atom is 0.324 e. The molecule has 1 atom stereocenters. The number of hydrogen-bond acceptors (Lipinski definition) is 9. The standard InChI is InChI=1S/C32H39N9O3/c1-38(2)14-4-6-30(42)34-25-20-40(21-25)26-12-13-33-28(19-26)37-32(43)35-24-10-8-23(9-11-24)27-22-41-29(36-27)5-3-7-31(41)39-15-17-44-18-16-39/h3-13,19,22,25,29,36H,14-18,20-21H2,1-2H3,(H,34,42)(H2,33,35,37,43)/b6-4+. The van der Waals surface area contributed by atoms with Crippen molar-refractivity contribution in [3.8, 4) is 0 Å². The van der Waals surface area contributed by atoms with Gasteiger partial charge < -0.3 is 40.3 Å². The Morgan fingerprint density at radius 3 is 2.66 bits per heavy atom. The number of aromatic nitrogens is 1. The molecule has 1 aromatic carbocycles. The van der Waals surface area contributed by atoms with Crippen molar-refractivity contribution in [3.63, 3.8) is 0 Å². The lowest BCUT2D eigenvalue weighted by Crippen LogP contribution is -2.59. The van der Waals surface area contributed by atoms with Gasteiger partial charge in [-0.15, -0.1) is 0 Å². The van der Waals surface area contributed by atoms with E-state index in [1.807, 2.05) is 61.5 Å². The van der Waals surface area contributed by atoms with Crippen LogP contribution in [0.25, 0.3) is 5.70 Å². The van der Waals surface area contributed by atoms with Gasteiger partial charge in [0.05, 0.1) is 25.0 Å². The molecule has 44 heavy (non-hydrogen) atoms. The lowest BCUT2D eigenvalue weighted by atomic mass is 10.1. The van der Waals surface area contributed by atoms with Gasteiger partial charge >= 0.3 is 6.03 Å². The summed E-state index contributed by atoms with van der Waals surface area (Å²) in [7, 11) is 3.91. The number of ether oxygens (including phenoxy) is 1. The van der Waals surface area contributed by atoms with Crippen LogP contribution in [-0.4, -0.2) is 104 Å². The number of urea groups is 1. The zero-order chi connectivity index (χ0) is 30.5. The number of allylic oxidation sites excluding steroid dienone is 2. The predicted octanol–water partition coefficient (Wildman–Crippen LogP) is 2.42. The fourth-order valence-corrected chi connectivity index (χ4v) is 5.48. The fraction of sp³-hybridized carbons (Fsp3) is 0.344. The molecule has 0 spiro atoms. The highest BCUT2D eigenvalue weighted by Gasteiger charge is 2.30. The Morgan fingerprint density at radius 1 is 1.09 bits per heavy atom. The molecule has 12 heteroatoms. The van der Waals surface area contributed by atoms with Gasteiger partial charge in [-0.2, -0.15) is 0 Å². The van der Waals surface area contributed by atoms with Gasteiger partial charge in [-0.1, -0.05) is 24.3 Å². The van der Waals surface area contributed by atoms with Crippen LogP contribution in [0, 0.1) is 0 Å². The summed E-state index contributed by atoms with van der Waals surface area (Å²) in [4.78, 5) is 37.9. The minimum atomic E-state index is -0.374. The molecule has 5 heterocycles. The van der Waals surface area contributed by atoms with Crippen LogP contribution in [0.4, 0.5) is 22.0 Å². The molecule has 0 aliphatic carbocycles. The highest BCUT2D eigenvalue weighted by atomic mass is 16.5. The summed E-state index contributed by atoms with van der Waals surface area (Å²) < 4.78 is 5.52. The van der Waals surface area contributed by atoms with Gasteiger partial charge in [-0.3, -0.25) is 10.1 Å². The third kappa shape index (κ3) is 7.04. The topological polar surface area (TPSA) is 117 Å². The fourth-order valence-electron chi connectivity index (χ4n) is 5.48. The van der Waals surface area contributed by atoms with Crippen molar-refractivity contribution in [2.75, 3.05) is 75.6 Å². The van der Waals surface area contributed by atoms with E-state index in [2.05, 4.69) is 65.4 Å². The third-order valence-corrected chi connectivity index (χ3v) is 7.78. The van der Waals surface area contributed by atoms with E-state index in [9.17, 15) is 9.59 Å². The molecule has 12 nitrogen and oxygen atoms in total. The van der Waals surface area contributed by atoms with E-state index in [-0.39, 0.29) is 24.1 Å². The Balaban J connectivity index is 0.990. The monoisotopic (exact) mass is 597 g/mol. The van der Waals surface area contributed by atoms with Crippen molar-refractivity contribution < 1.29 is 14.3 Å². The van der Waals surface area contributed by atoms with Gasteiger partial charge in [0.1, 0.15) is 17.8 Å². The summed E-state index contributed by atoms with van der Waals surface area (Å²) in [5.41, 5.74) is 3.66. The normalized spacial score (nSPS) is 19.7. The van der Waals surface area contributed by atoms with Gasteiger partial charge in [0.2, 0.25) is 5.91 Å². The summed E-state index contributed by atoms with van der Waals surface area (Å²) in [5, 5.41) is 12.3. The van der Waals surface area contributed by atoms with Crippen molar-refractivity contribution >= 4 is 34.8 Å². The number of rotatable bonds is 9. The number of anilines is 3. The van der Waals surface area contributed by atoms with Crippen LogP contribution in [0.5, 0.6) is 0 Å². The molecule has 3 amide bonds. The largest absolute Gasteiger partial charge is 0.378 e. The van der Waals surface area contributed by atoms with Crippen LogP contribution >= 0.6 is 0 Å². The molecule has 1 unspecified atom stereocenters. The van der Waals surface area contributed by atoms with Crippen LogP contribution in [0.3, 0.4) is 0 Å². The molecule has 0 saturated carbocycles. The molecule has 4 aliphatic heterocycles. The second-order valence-electron chi connectivity index (χ2n) is 11.4.